The van der Waals surface area contributed by atoms with E-state index in [1.54, 1.807) is 0 Å². The molecule has 2 heterocycles. The fraction of sp³-hybridized carbons (Fsp3) is 0.667. The molecule has 0 aliphatic carbocycles. The quantitative estimate of drug-likeness (QED) is 0.600. The van der Waals surface area contributed by atoms with E-state index in [0.29, 0.717) is 6.10 Å². The average molecular weight is 303 g/mol. The van der Waals surface area contributed by atoms with Gasteiger partial charge in [0.1, 0.15) is 0 Å². The highest BCUT2D eigenvalue weighted by Crippen LogP contribution is 2.27. The molecular formula is C18H29N3O. The minimum Gasteiger partial charge on any atom is -0.397 e. The van der Waals surface area contributed by atoms with Crippen LogP contribution in [0.2, 0.25) is 0 Å². The number of aryl methyl sites for hydroxylation is 1. The minimum absolute atomic E-state index is 0.440. The van der Waals surface area contributed by atoms with Gasteiger partial charge >= 0.3 is 0 Å². The van der Waals surface area contributed by atoms with E-state index in [2.05, 4.69) is 28.4 Å². The van der Waals surface area contributed by atoms with Gasteiger partial charge in [-0.15, -0.1) is 0 Å². The van der Waals surface area contributed by atoms with Crippen molar-refractivity contribution in [2.75, 3.05) is 43.4 Å². The largest absolute Gasteiger partial charge is 0.397 e. The Kier molecular flexibility index (Phi) is 5.57. The van der Waals surface area contributed by atoms with Gasteiger partial charge in [0.2, 0.25) is 0 Å². The normalized spacial score (nSPS) is 21.6. The van der Waals surface area contributed by atoms with Crippen molar-refractivity contribution >= 4 is 11.4 Å². The minimum atomic E-state index is 0.440. The second kappa shape index (κ2) is 7.84. The molecule has 2 aliphatic heterocycles. The Balaban J connectivity index is 1.39. The summed E-state index contributed by atoms with van der Waals surface area (Å²) in [6.45, 7) is 5.28. The van der Waals surface area contributed by atoms with Crippen LogP contribution in [0.1, 0.15) is 37.7 Å². The first-order valence-electron chi connectivity index (χ1n) is 8.78. The molecule has 3 N–H and O–H groups in total. The van der Waals surface area contributed by atoms with Gasteiger partial charge in [0, 0.05) is 26.2 Å². The van der Waals surface area contributed by atoms with E-state index in [1.807, 2.05) is 0 Å². The number of hydrogen-bond donors (Lipinski definition) is 2. The number of nitrogen functional groups attached to an aromatic ring is 1. The lowest BCUT2D eigenvalue weighted by atomic mass is 10.1. The van der Waals surface area contributed by atoms with Crippen LogP contribution in [-0.4, -0.2) is 38.9 Å². The lowest BCUT2D eigenvalue weighted by molar-refractivity contribution is 0.110. The van der Waals surface area contributed by atoms with Crippen LogP contribution < -0.4 is 16.0 Å². The number of anilines is 2. The molecule has 0 radical (unpaired) electrons. The number of rotatable bonds is 7. The monoisotopic (exact) mass is 303 g/mol. The molecule has 2 fully saturated rings. The standard InChI is InChI=1S/C18H29N3O/c19-17-13-15(7-8-18(17)21-10-1-2-11-21)5-3-9-20-14-16-6-4-12-22-16/h7-8,13,16,20H,1-6,9-12,14,19H2. The highest BCUT2D eigenvalue weighted by atomic mass is 16.5. The fourth-order valence-corrected chi connectivity index (χ4v) is 3.49. The Bertz CT molecular complexity index is 465. The molecule has 2 aliphatic rings. The van der Waals surface area contributed by atoms with Gasteiger partial charge in [-0.05, 0) is 62.8 Å². The third kappa shape index (κ3) is 4.14. The van der Waals surface area contributed by atoms with Crippen molar-refractivity contribution in [2.24, 2.45) is 0 Å². The topological polar surface area (TPSA) is 50.5 Å². The van der Waals surface area contributed by atoms with E-state index >= 15 is 0 Å². The van der Waals surface area contributed by atoms with E-state index in [1.165, 1.54) is 36.9 Å². The summed E-state index contributed by atoms with van der Waals surface area (Å²) < 4.78 is 5.61. The predicted molar refractivity (Wildman–Crippen MR) is 92.5 cm³/mol. The first-order chi connectivity index (χ1) is 10.8. The number of hydrogen-bond acceptors (Lipinski definition) is 4. The van der Waals surface area contributed by atoms with Crippen molar-refractivity contribution in [1.29, 1.82) is 0 Å². The van der Waals surface area contributed by atoms with Crippen LogP contribution in [0, 0.1) is 0 Å². The van der Waals surface area contributed by atoms with Crippen molar-refractivity contribution in [3.63, 3.8) is 0 Å². The number of benzene rings is 1. The molecule has 1 aromatic rings. The van der Waals surface area contributed by atoms with Crippen molar-refractivity contribution in [3.8, 4) is 0 Å². The lowest BCUT2D eigenvalue weighted by Crippen LogP contribution is -2.27. The second-order valence-corrected chi connectivity index (χ2v) is 6.53. The molecule has 4 heteroatoms. The third-order valence-electron chi connectivity index (χ3n) is 4.75. The van der Waals surface area contributed by atoms with Crippen LogP contribution in [0.15, 0.2) is 18.2 Å². The fourth-order valence-electron chi connectivity index (χ4n) is 3.49. The summed E-state index contributed by atoms with van der Waals surface area (Å²) >= 11 is 0. The number of nitrogens with zero attached hydrogens (tertiary/aromatic N) is 1. The van der Waals surface area contributed by atoms with Gasteiger partial charge in [0.05, 0.1) is 17.5 Å². The maximum absolute atomic E-state index is 6.24. The zero-order chi connectivity index (χ0) is 15.2. The molecular weight excluding hydrogens is 274 g/mol. The first-order valence-corrected chi connectivity index (χ1v) is 8.78. The van der Waals surface area contributed by atoms with E-state index in [4.69, 9.17) is 10.5 Å². The number of nitrogens with one attached hydrogen (secondary N) is 1. The molecule has 122 valence electrons. The molecule has 22 heavy (non-hydrogen) atoms. The molecule has 2 saturated heterocycles. The van der Waals surface area contributed by atoms with Crippen molar-refractivity contribution < 1.29 is 4.74 Å². The summed E-state index contributed by atoms with van der Waals surface area (Å²) in [6, 6.07) is 6.60. The van der Waals surface area contributed by atoms with Gasteiger partial charge < -0.3 is 20.7 Å². The second-order valence-electron chi connectivity index (χ2n) is 6.53. The Morgan fingerprint density at radius 1 is 1.23 bits per heavy atom. The van der Waals surface area contributed by atoms with E-state index < -0.39 is 0 Å². The zero-order valence-corrected chi connectivity index (χ0v) is 13.5. The molecule has 1 atom stereocenters. The predicted octanol–water partition coefficient (Wildman–Crippen LogP) is 2.57. The highest BCUT2D eigenvalue weighted by molar-refractivity contribution is 5.68. The van der Waals surface area contributed by atoms with Gasteiger partial charge in [-0.3, -0.25) is 0 Å². The summed E-state index contributed by atoms with van der Waals surface area (Å²) in [5.74, 6) is 0. The molecule has 0 spiro atoms. The van der Waals surface area contributed by atoms with Gasteiger partial charge in [0.25, 0.3) is 0 Å². The van der Waals surface area contributed by atoms with Gasteiger partial charge in [-0.1, -0.05) is 6.07 Å². The summed E-state index contributed by atoms with van der Waals surface area (Å²) in [5.41, 5.74) is 9.74. The maximum atomic E-state index is 6.24. The Labute approximate surface area is 134 Å². The first kappa shape index (κ1) is 15.6. The smallest absolute Gasteiger partial charge is 0.0700 e. The summed E-state index contributed by atoms with van der Waals surface area (Å²) in [7, 11) is 0. The molecule has 0 aromatic heterocycles. The lowest BCUT2D eigenvalue weighted by Gasteiger charge is -2.20. The third-order valence-corrected chi connectivity index (χ3v) is 4.75. The van der Waals surface area contributed by atoms with Crippen LogP contribution in [0.5, 0.6) is 0 Å². The maximum Gasteiger partial charge on any atom is 0.0700 e. The summed E-state index contributed by atoms with van der Waals surface area (Å²) in [6.07, 6.45) is 7.68. The van der Waals surface area contributed by atoms with Gasteiger partial charge in [-0.2, -0.15) is 0 Å². The molecule has 4 nitrogen and oxygen atoms in total. The van der Waals surface area contributed by atoms with Crippen molar-refractivity contribution in [2.45, 2.75) is 44.6 Å². The zero-order valence-electron chi connectivity index (χ0n) is 13.5. The van der Waals surface area contributed by atoms with Gasteiger partial charge in [-0.25, -0.2) is 0 Å². The van der Waals surface area contributed by atoms with E-state index in [-0.39, 0.29) is 0 Å². The molecule has 0 amide bonds. The van der Waals surface area contributed by atoms with Crippen LogP contribution in [0.4, 0.5) is 11.4 Å². The molecule has 0 saturated carbocycles. The van der Waals surface area contributed by atoms with Crippen LogP contribution >= 0.6 is 0 Å². The number of nitrogens with two attached hydrogens (primary N) is 1. The summed E-state index contributed by atoms with van der Waals surface area (Å²) in [5, 5.41) is 3.50. The SMILES string of the molecule is Nc1cc(CCCNCC2CCCO2)ccc1N1CCCC1. The average Bonchev–Trinajstić information content (AvgIpc) is 3.20. The molecule has 1 aromatic carbocycles. The molecule has 0 bridgehead atoms. The van der Waals surface area contributed by atoms with Gasteiger partial charge in [0.15, 0.2) is 0 Å². The Morgan fingerprint density at radius 2 is 2.09 bits per heavy atom. The van der Waals surface area contributed by atoms with Crippen LogP contribution in [0.25, 0.3) is 0 Å². The van der Waals surface area contributed by atoms with Crippen molar-refractivity contribution in [1.82, 2.24) is 5.32 Å². The Hall–Kier alpha value is -1.26. The molecule has 1 unspecified atom stereocenters. The van der Waals surface area contributed by atoms with E-state index in [0.717, 1.165) is 51.3 Å². The van der Waals surface area contributed by atoms with Crippen molar-refractivity contribution in [3.05, 3.63) is 23.8 Å². The summed E-state index contributed by atoms with van der Waals surface area (Å²) in [4.78, 5) is 2.41. The van der Waals surface area contributed by atoms with Crippen LogP contribution in [0.3, 0.4) is 0 Å². The van der Waals surface area contributed by atoms with E-state index in [9.17, 15) is 0 Å². The molecule has 3 rings (SSSR count). The number of ether oxygens (including phenoxy) is 1. The Morgan fingerprint density at radius 3 is 2.82 bits per heavy atom. The highest BCUT2D eigenvalue weighted by Gasteiger charge is 2.15. The van der Waals surface area contributed by atoms with Crippen LogP contribution in [-0.2, 0) is 11.2 Å².